The van der Waals surface area contributed by atoms with Gasteiger partial charge in [0.25, 0.3) is 0 Å². The first-order valence-corrected chi connectivity index (χ1v) is 7.85. The molecule has 0 saturated carbocycles. The average molecular weight is 332 g/mol. The molecule has 2 rings (SSSR count). The zero-order valence-electron chi connectivity index (χ0n) is 14.7. The molecule has 7 nitrogen and oxygen atoms in total. The SMILES string of the molecule is COc1ccccc1[C@H](NC(=O)CN(C)C(C)C)c1noc(C)n1. The molecule has 1 aromatic heterocycles. The summed E-state index contributed by atoms with van der Waals surface area (Å²) in [4.78, 5) is 18.7. The van der Waals surface area contributed by atoms with Crippen LogP contribution in [0.2, 0.25) is 0 Å². The Morgan fingerprint density at radius 3 is 2.67 bits per heavy atom. The van der Waals surface area contributed by atoms with Crippen molar-refractivity contribution in [3.8, 4) is 5.75 Å². The van der Waals surface area contributed by atoms with E-state index in [9.17, 15) is 4.79 Å². The van der Waals surface area contributed by atoms with Crippen molar-refractivity contribution in [1.82, 2.24) is 20.4 Å². The third kappa shape index (κ3) is 4.32. The predicted molar refractivity (Wildman–Crippen MR) is 89.8 cm³/mol. The Kier molecular flexibility index (Phi) is 5.92. The number of carbonyl (C=O) groups excluding carboxylic acids is 1. The Balaban J connectivity index is 2.29. The third-order valence-electron chi connectivity index (χ3n) is 3.83. The van der Waals surface area contributed by atoms with Crippen LogP contribution in [0.1, 0.15) is 37.2 Å². The first-order valence-electron chi connectivity index (χ1n) is 7.85. The van der Waals surface area contributed by atoms with Crippen molar-refractivity contribution in [2.75, 3.05) is 20.7 Å². The normalized spacial score (nSPS) is 12.5. The summed E-state index contributed by atoms with van der Waals surface area (Å²) in [5, 5.41) is 6.94. The third-order valence-corrected chi connectivity index (χ3v) is 3.83. The summed E-state index contributed by atoms with van der Waals surface area (Å²) in [5.41, 5.74) is 0.779. The smallest absolute Gasteiger partial charge is 0.235 e. The van der Waals surface area contributed by atoms with Gasteiger partial charge in [-0.25, -0.2) is 0 Å². The molecule has 0 aliphatic rings. The van der Waals surface area contributed by atoms with Gasteiger partial charge in [0.1, 0.15) is 11.8 Å². The quantitative estimate of drug-likeness (QED) is 0.834. The number of hydrogen-bond acceptors (Lipinski definition) is 6. The Morgan fingerprint density at radius 2 is 2.08 bits per heavy atom. The number of nitrogens with one attached hydrogen (secondary N) is 1. The van der Waals surface area contributed by atoms with Gasteiger partial charge >= 0.3 is 0 Å². The van der Waals surface area contributed by atoms with Crippen molar-refractivity contribution in [3.05, 3.63) is 41.5 Å². The van der Waals surface area contributed by atoms with E-state index in [0.717, 1.165) is 5.56 Å². The molecule has 1 heterocycles. The maximum absolute atomic E-state index is 12.4. The highest BCUT2D eigenvalue weighted by Crippen LogP contribution is 2.28. The minimum Gasteiger partial charge on any atom is -0.496 e. The van der Waals surface area contributed by atoms with Crippen molar-refractivity contribution >= 4 is 5.91 Å². The van der Waals surface area contributed by atoms with Gasteiger partial charge in [0.05, 0.1) is 13.7 Å². The van der Waals surface area contributed by atoms with Crippen LogP contribution in [0.25, 0.3) is 0 Å². The second-order valence-corrected chi connectivity index (χ2v) is 5.92. The topological polar surface area (TPSA) is 80.5 Å². The molecule has 0 bridgehead atoms. The van der Waals surface area contributed by atoms with E-state index < -0.39 is 6.04 Å². The van der Waals surface area contributed by atoms with Gasteiger partial charge in [-0.15, -0.1) is 0 Å². The monoisotopic (exact) mass is 332 g/mol. The number of methoxy groups -OCH3 is 1. The second kappa shape index (κ2) is 7.92. The summed E-state index contributed by atoms with van der Waals surface area (Å²) in [6.45, 7) is 6.06. The highest BCUT2D eigenvalue weighted by atomic mass is 16.5. The number of benzene rings is 1. The van der Waals surface area contributed by atoms with Gasteiger partial charge in [-0.2, -0.15) is 4.98 Å². The summed E-state index contributed by atoms with van der Waals surface area (Å²) in [7, 11) is 3.49. The molecular weight excluding hydrogens is 308 g/mol. The second-order valence-electron chi connectivity index (χ2n) is 5.92. The summed E-state index contributed by atoms with van der Waals surface area (Å²) in [6, 6.07) is 7.20. The number of aromatic nitrogens is 2. The van der Waals surface area contributed by atoms with Crippen LogP contribution in [0.3, 0.4) is 0 Å². The molecule has 1 aromatic carbocycles. The van der Waals surface area contributed by atoms with Crippen LogP contribution in [0.4, 0.5) is 0 Å². The van der Waals surface area contributed by atoms with Gasteiger partial charge in [0.15, 0.2) is 5.82 Å². The summed E-state index contributed by atoms with van der Waals surface area (Å²) >= 11 is 0. The van der Waals surface area contributed by atoms with Crippen molar-refractivity contribution in [3.63, 3.8) is 0 Å². The van der Waals surface area contributed by atoms with Gasteiger partial charge < -0.3 is 14.6 Å². The molecule has 0 aliphatic carbocycles. The molecule has 130 valence electrons. The van der Waals surface area contributed by atoms with E-state index in [1.165, 1.54) is 0 Å². The Bertz CT molecular complexity index is 684. The predicted octanol–water partition coefficient (Wildman–Crippen LogP) is 1.93. The maximum Gasteiger partial charge on any atom is 0.235 e. The molecule has 0 saturated heterocycles. The molecule has 1 atom stereocenters. The standard InChI is InChI=1S/C17H24N4O3/c1-11(2)21(4)10-15(22)19-16(17-18-12(3)24-20-17)13-8-6-7-9-14(13)23-5/h6-9,11,16H,10H2,1-5H3,(H,19,22)/t16-/m0/s1. The number of likely N-dealkylation sites (N-methyl/N-ethyl adjacent to an activating group) is 1. The van der Waals surface area contributed by atoms with Crippen molar-refractivity contribution in [1.29, 1.82) is 0 Å². The number of hydrogen-bond donors (Lipinski definition) is 1. The Morgan fingerprint density at radius 1 is 1.38 bits per heavy atom. The van der Waals surface area contributed by atoms with Crippen molar-refractivity contribution in [2.24, 2.45) is 0 Å². The molecule has 0 aliphatic heterocycles. The lowest BCUT2D eigenvalue weighted by Crippen LogP contribution is -2.40. The number of ether oxygens (including phenoxy) is 1. The summed E-state index contributed by atoms with van der Waals surface area (Å²) in [5.74, 6) is 1.38. The average Bonchev–Trinajstić information content (AvgIpc) is 2.98. The lowest BCUT2D eigenvalue weighted by Gasteiger charge is -2.23. The maximum atomic E-state index is 12.4. The van der Waals surface area contributed by atoms with Crippen LogP contribution < -0.4 is 10.1 Å². The van der Waals surface area contributed by atoms with Crippen LogP contribution in [0, 0.1) is 6.92 Å². The van der Waals surface area contributed by atoms with Crippen molar-refractivity contribution in [2.45, 2.75) is 32.9 Å². The molecule has 7 heteroatoms. The van der Waals surface area contributed by atoms with Gasteiger partial charge in [-0.3, -0.25) is 9.69 Å². The minimum atomic E-state index is -0.535. The molecule has 0 fully saturated rings. The Labute approximate surface area is 142 Å². The van der Waals surface area contributed by atoms with Crippen LogP contribution >= 0.6 is 0 Å². The molecule has 0 unspecified atom stereocenters. The largest absolute Gasteiger partial charge is 0.496 e. The van der Waals surface area contributed by atoms with Crippen LogP contribution in [0.15, 0.2) is 28.8 Å². The fourth-order valence-corrected chi connectivity index (χ4v) is 2.23. The summed E-state index contributed by atoms with van der Waals surface area (Å²) < 4.78 is 10.5. The fourth-order valence-electron chi connectivity index (χ4n) is 2.23. The van der Waals surface area contributed by atoms with Crippen LogP contribution in [-0.4, -0.2) is 47.7 Å². The lowest BCUT2D eigenvalue weighted by molar-refractivity contribution is -0.122. The summed E-state index contributed by atoms with van der Waals surface area (Å²) in [6.07, 6.45) is 0. The van der Waals surface area contributed by atoms with E-state index in [1.807, 2.05) is 50.1 Å². The molecule has 0 radical (unpaired) electrons. The van der Waals surface area contributed by atoms with E-state index in [-0.39, 0.29) is 18.5 Å². The number of nitrogens with zero attached hydrogens (tertiary/aromatic N) is 3. The number of aryl methyl sites for hydroxylation is 1. The number of amides is 1. The molecule has 1 amide bonds. The number of rotatable bonds is 7. The fraction of sp³-hybridized carbons (Fsp3) is 0.471. The van der Waals surface area contributed by atoms with Gasteiger partial charge in [-0.05, 0) is 27.0 Å². The van der Waals surface area contributed by atoms with E-state index in [0.29, 0.717) is 17.5 Å². The minimum absolute atomic E-state index is 0.121. The highest BCUT2D eigenvalue weighted by molar-refractivity contribution is 5.79. The van der Waals surface area contributed by atoms with E-state index in [4.69, 9.17) is 9.26 Å². The van der Waals surface area contributed by atoms with Crippen LogP contribution in [-0.2, 0) is 4.79 Å². The van der Waals surface area contributed by atoms with E-state index >= 15 is 0 Å². The zero-order valence-corrected chi connectivity index (χ0v) is 14.7. The lowest BCUT2D eigenvalue weighted by atomic mass is 10.0. The van der Waals surface area contributed by atoms with Gasteiger partial charge in [0, 0.05) is 18.5 Å². The molecular formula is C17H24N4O3. The number of para-hydroxylation sites is 1. The van der Waals surface area contributed by atoms with E-state index in [1.54, 1.807) is 14.0 Å². The molecule has 0 spiro atoms. The highest BCUT2D eigenvalue weighted by Gasteiger charge is 2.25. The molecule has 1 N–H and O–H groups in total. The van der Waals surface area contributed by atoms with Gasteiger partial charge in [0.2, 0.25) is 11.8 Å². The zero-order chi connectivity index (χ0) is 17.7. The molecule has 2 aromatic rings. The first kappa shape index (κ1) is 17.9. The Hall–Kier alpha value is -2.41. The van der Waals surface area contributed by atoms with Crippen LogP contribution in [0.5, 0.6) is 5.75 Å². The van der Waals surface area contributed by atoms with E-state index in [2.05, 4.69) is 15.5 Å². The molecule has 24 heavy (non-hydrogen) atoms. The first-order chi connectivity index (χ1) is 11.4. The van der Waals surface area contributed by atoms with Crippen molar-refractivity contribution < 1.29 is 14.1 Å². The van der Waals surface area contributed by atoms with Gasteiger partial charge in [-0.1, -0.05) is 23.4 Å². The number of carbonyl (C=O) groups is 1.